The lowest BCUT2D eigenvalue weighted by Gasteiger charge is -2.43. The molecule has 10 nitrogen and oxygen atoms in total. The number of nitrogens with zero attached hydrogens (tertiary/aromatic N) is 3. The molecule has 1 aromatic carbocycles. The number of phenols is 1. The van der Waals surface area contributed by atoms with Gasteiger partial charge in [0.1, 0.15) is 11.4 Å². The summed E-state index contributed by atoms with van der Waals surface area (Å²) >= 11 is 0. The van der Waals surface area contributed by atoms with Crippen molar-refractivity contribution in [1.29, 1.82) is 0 Å². The van der Waals surface area contributed by atoms with E-state index in [0.29, 0.717) is 25.3 Å². The van der Waals surface area contributed by atoms with Gasteiger partial charge < -0.3 is 30.1 Å². The quantitative estimate of drug-likeness (QED) is 0.477. The first-order valence-corrected chi connectivity index (χ1v) is 10.8. The van der Waals surface area contributed by atoms with Gasteiger partial charge in [0.2, 0.25) is 5.75 Å². The molecule has 2 fully saturated rings. The molecule has 1 unspecified atom stereocenters. The number of hydrogen-bond donors (Lipinski definition) is 3. The Morgan fingerprint density at radius 1 is 1.29 bits per heavy atom. The lowest BCUT2D eigenvalue weighted by Crippen LogP contribution is -2.51. The first kappa shape index (κ1) is 21.6. The van der Waals surface area contributed by atoms with Crippen molar-refractivity contribution >= 4 is 11.7 Å². The third-order valence-electron chi connectivity index (χ3n) is 6.46. The summed E-state index contributed by atoms with van der Waals surface area (Å²) in [5, 5.41) is 34.7. The molecule has 3 aliphatic heterocycles. The highest BCUT2D eigenvalue weighted by Crippen LogP contribution is 2.52. The van der Waals surface area contributed by atoms with Crippen LogP contribution in [0, 0.1) is 10.1 Å². The summed E-state index contributed by atoms with van der Waals surface area (Å²) in [5.74, 6) is -0.0969. The van der Waals surface area contributed by atoms with Gasteiger partial charge >= 0.3 is 11.7 Å². The lowest BCUT2D eigenvalue weighted by atomic mass is 9.77. The maximum Gasteiger partial charge on any atom is 0.318 e. The molecule has 0 saturated carbocycles. The number of nitrogens with one attached hydrogen (secondary N) is 1. The van der Waals surface area contributed by atoms with Gasteiger partial charge in [0.25, 0.3) is 0 Å². The number of carbonyl (C=O) groups excluding carboxylic acids is 1. The van der Waals surface area contributed by atoms with Crippen LogP contribution in [0.5, 0.6) is 11.5 Å². The number of nitro groups is 1. The van der Waals surface area contributed by atoms with Crippen molar-refractivity contribution in [3.05, 3.63) is 27.8 Å². The Hall–Kier alpha value is -2.59. The third kappa shape index (κ3) is 4.14. The van der Waals surface area contributed by atoms with E-state index in [1.54, 1.807) is 4.90 Å². The van der Waals surface area contributed by atoms with E-state index in [2.05, 4.69) is 10.2 Å². The Kier molecular flexibility index (Phi) is 5.47. The third-order valence-corrected chi connectivity index (χ3v) is 6.46. The zero-order valence-corrected chi connectivity index (χ0v) is 18.0. The molecule has 170 valence electrons. The predicted molar refractivity (Wildman–Crippen MR) is 112 cm³/mol. The van der Waals surface area contributed by atoms with Crippen LogP contribution in [0.4, 0.5) is 10.5 Å². The minimum Gasteiger partial charge on any atom is -0.502 e. The number of piperidine rings is 1. The molecular formula is C21H30N4O6. The van der Waals surface area contributed by atoms with Crippen LogP contribution >= 0.6 is 0 Å². The highest BCUT2D eigenvalue weighted by Gasteiger charge is 2.54. The fourth-order valence-corrected chi connectivity index (χ4v) is 5.18. The minimum absolute atomic E-state index is 0.214. The number of urea groups is 1. The van der Waals surface area contributed by atoms with Crippen LogP contribution in [0.2, 0.25) is 0 Å². The van der Waals surface area contributed by atoms with Crippen LogP contribution in [0.15, 0.2) is 12.1 Å². The molecule has 31 heavy (non-hydrogen) atoms. The van der Waals surface area contributed by atoms with Crippen LogP contribution in [0.3, 0.4) is 0 Å². The fraction of sp³-hybridized carbons (Fsp3) is 0.667. The van der Waals surface area contributed by atoms with Gasteiger partial charge in [0.05, 0.1) is 28.7 Å². The summed E-state index contributed by atoms with van der Waals surface area (Å²) in [6, 6.07) is 2.48. The summed E-state index contributed by atoms with van der Waals surface area (Å²) in [6.45, 7) is 7.19. The largest absolute Gasteiger partial charge is 0.502 e. The van der Waals surface area contributed by atoms with Gasteiger partial charge in [0, 0.05) is 32.1 Å². The molecule has 0 aliphatic carbocycles. The van der Waals surface area contributed by atoms with Gasteiger partial charge in [-0.25, -0.2) is 4.79 Å². The van der Waals surface area contributed by atoms with Gasteiger partial charge in [-0.3, -0.25) is 10.1 Å². The average Bonchev–Trinajstić information content (AvgIpc) is 2.97. The molecule has 3 heterocycles. The van der Waals surface area contributed by atoms with Crippen molar-refractivity contribution in [2.24, 2.45) is 0 Å². The van der Waals surface area contributed by atoms with Gasteiger partial charge in [0.15, 0.2) is 0 Å². The van der Waals surface area contributed by atoms with Crippen molar-refractivity contribution in [3.8, 4) is 11.5 Å². The van der Waals surface area contributed by atoms with Crippen LogP contribution in [0.25, 0.3) is 0 Å². The number of likely N-dealkylation sites (tertiary alicyclic amines) is 1. The van der Waals surface area contributed by atoms with Gasteiger partial charge in [-0.1, -0.05) is 0 Å². The topological polar surface area (TPSA) is 128 Å². The second-order valence-corrected chi connectivity index (χ2v) is 9.46. The second-order valence-electron chi connectivity index (χ2n) is 9.46. The molecule has 4 rings (SSSR count). The van der Waals surface area contributed by atoms with Crippen molar-refractivity contribution in [3.63, 3.8) is 0 Å². The Balaban J connectivity index is 1.53. The monoisotopic (exact) mass is 434 g/mol. The number of rotatable bonds is 5. The molecule has 3 aliphatic rings. The smallest absolute Gasteiger partial charge is 0.318 e. The minimum atomic E-state index is -0.959. The number of benzene rings is 1. The highest BCUT2D eigenvalue weighted by molar-refractivity contribution is 5.80. The summed E-state index contributed by atoms with van der Waals surface area (Å²) in [7, 11) is 0. The second kappa shape index (κ2) is 7.83. The van der Waals surface area contributed by atoms with Crippen LogP contribution in [0.1, 0.15) is 45.1 Å². The number of phenolic OH excluding ortho intramolecular Hbond substituents is 1. The summed E-state index contributed by atoms with van der Waals surface area (Å²) < 4.78 is 5.98. The number of amides is 2. The number of hydrogen-bond acceptors (Lipinski definition) is 7. The van der Waals surface area contributed by atoms with E-state index in [1.807, 2.05) is 13.8 Å². The van der Waals surface area contributed by atoms with Gasteiger partial charge in [-0.2, -0.15) is 0 Å². The molecule has 2 amide bonds. The molecular weight excluding hydrogens is 404 g/mol. The SMILES string of the molecule is CC1(C)CC2(CN(CCCN3CCC(O)CC3)C(=O)N2)c2c(ccc([N+](=O)[O-])c2O)O1. The maximum atomic E-state index is 12.8. The van der Waals surface area contributed by atoms with Crippen molar-refractivity contribution in [1.82, 2.24) is 15.1 Å². The molecule has 1 aromatic rings. The zero-order chi connectivity index (χ0) is 22.4. The Morgan fingerprint density at radius 3 is 2.68 bits per heavy atom. The number of fused-ring (bicyclic) bond motifs is 2. The van der Waals surface area contributed by atoms with E-state index in [4.69, 9.17) is 4.74 Å². The maximum absolute atomic E-state index is 12.8. The number of carbonyl (C=O) groups is 1. The molecule has 1 atom stereocenters. The van der Waals surface area contributed by atoms with Crippen molar-refractivity contribution < 1.29 is 24.7 Å². The van der Waals surface area contributed by atoms with E-state index in [0.717, 1.165) is 38.9 Å². The van der Waals surface area contributed by atoms with E-state index < -0.39 is 27.5 Å². The molecule has 1 spiro atoms. The Bertz CT molecular complexity index is 883. The van der Waals surface area contributed by atoms with Crippen molar-refractivity contribution in [2.75, 3.05) is 32.7 Å². The van der Waals surface area contributed by atoms with Crippen LogP contribution < -0.4 is 10.1 Å². The van der Waals surface area contributed by atoms with Crippen LogP contribution in [-0.2, 0) is 5.54 Å². The first-order chi connectivity index (χ1) is 14.6. The molecule has 10 heteroatoms. The molecule has 3 N–H and O–H groups in total. The van der Waals surface area contributed by atoms with Crippen molar-refractivity contribution in [2.45, 2.75) is 56.8 Å². The van der Waals surface area contributed by atoms with E-state index >= 15 is 0 Å². The Morgan fingerprint density at radius 2 is 2.00 bits per heavy atom. The lowest BCUT2D eigenvalue weighted by molar-refractivity contribution is -0.386. The molecule has 0 bridgehead atoms. The summed E-state index contributed by atoms with van der Waals surface area (Å²) in [5.41, 5.74) is -1.70. The first-order valence-electron chi connectivity index (χ1n) is 10.8. The number of ether oxygens (including phenoxy) is 1. The average molecular weight is 434 g/mol. The van der Waals surface area contributed by atoms with E-state index in [1.165, 1.54) is 12.1 Å². The number of nitro benzene ring substituents is 1. The zero-order valence-electron chi connectivity index (χ0n) is 18.0. The normalized spacial score (nSPS) is 25.9. The molecule has 0 radical (unpaired) electrons. The summed E-state index contributed by atoms with van der Waals surface area (Å²) in [4.78, 5) is 27.6. The van der Waals surface area contributed by atoms with Gasteiger partial charge in [-0.05, 0) is 45.7 Å². The van der Waals surface area contributed by atoms with E-state index in [-0.39, 0.29) is 17.7 Å². The standard InChI is InChI=1S/C21H30N4O6/c1-20(2)12-21(17-16(31-20)5-4-15(18(17)27)25(29)30)13-24(19(28)22-21)9-3-8-23-10-6-14(26)7-11-23/h4-5,14,26-27H,3,6-13H2,1-2H3,(H,22,28). The Labute approximate surface area is 180 Å². The van der Waals surface area contributed by atoms with Crippen LogP contribution in [-0.4, -0.2) is 75.4 Å². The summed E-state index contributed by atoms with van der Waals surface area (Å²) in [6.07, 6.45) is 2.50. The molecule has 0 aromatic heterocycles. The number of aromatic hydroxyl groups is 1. The highest BCUT2D eigenvalue weighted by atomic mass is 16.6. The number of aliphatic hydroxyl groups is 1. The van der Waals surface area contributed by atoms with E-state index in [9.17, 15) is 25.1 Å². The predicted octanol–water partition coefficient (Wildman–Crippen LogP) is 1.93. The fourth-order valence-electron chi connectivity index (χ4n) is 5.18. The number of aliphatic hydroxyl groups excluding tert-OH is 1. The molecule has 2 saturated heterocycles. The van der Waals surface area contributed by atoms with Gasteiger partial charge in [-0.15, -0.1) is 0 Å².